The quantitative estimate of drug-likeness (QED) is 0.738. The molecule has 5 nitrogen and oxygen atoms in total. The maximum Gasteiger partial charge on any atom is 0.227 e. The first-order chi connectivity index (χ1) is 12.8. The Labute approximate surface area is 162 Å². The fraction of sp³-hybridized carbons (Fsp3) is 0.500. The van der Waals surface area contributed by atoms with Crippen molar-refractivity contribution in [1.29, 1.82) is 5.26 Å². The molecule has 0 N–H and O–H groups in total. The van der Waals surface area contributed by atoms with Crippen LogP contribution in [-0.2, 0) is 17.8 Å². The van der Waals surface area contributed by atoms with Crippen LogP contribution in [0.15, 0.2) is 24.3 Å². The molecule has 0 saturated carbocycles. The van der Waals surface area contributed by atoms with Crippen molar-refractivity contribution < 1.29 is 4.79 Å². The molecule has 1 aromatic carbocycles. The van der Waals surface area contributed by atoms with E-state index in [1.54, 1.807) is 12.1 Å². The number of likely N-dealkylation sites (N-methyl/N-ethyl adjacent to an activating group) is 1. The van der Waals surface area contributed by atoms with Crippen LogP contribution in [0, 0.1) is 31.1 Å². The van der Waals surface area contributed by atoms with Crippen LogP contribution >= 0.6 is 0 Å². The van der Waals surface area contributed by atoms with Crippen LogP contribution in [0.25, 0.3) is 0 Å². The molecule has 0 aliphatic heterocycles. The summed E-state index contributed by atoms with van der Waals surface area (Å²) in [6.45, 7) is 13.9. The highest BCUT2D eigenvalue weighted by Gasteiger charge is 2.23. The zero-order valence-corrected chi connectivity index (χ0v) is 17.3. The van der Waals surface area contributed by atoms with Gasteiger partial charge in [0.2, 0.25) is 5.91 Å². The summed E-state index contributed by atoms with van der Waals surface area (Å²) in [4.78, 5) is 14.9. The molecule has 0 fully saturated rings. The van der Waals surface area contributed by atoms with Gasteiger partial charge in [0.1, 0.15) is 0 Å². The molecule has 1 aromatic heterocycles. The fourth-order valence-electron chi connectivity index (χ4n) is 3.45. The number of hydrogen-bond donors (Lipinski definition) is 0. The first-order valence-corrected chi connectivity index (χ1v) is 9.60. The molecule has 0 bridgehead atoms. The lowest BCUT2D eigenvalue weighted by atomic mass is 10.0. The molecule has 144 valence electrons. The van der Waals surface area contributed by atoms with Crippen LogP contribution in [0.2, 0.25) is 0 Å². The average Bonchev–Trinajstić information content (AvgIpc) is 2.89. The van der Waals surface area contributed by atoms with E-state index in [1.807, 2.05) is 49.4 Å². The lowest BCUT2D eigenvalue weighted by molar-refractivity contribution is -0.132. The summed E-state index contributed by atoms with van der Waals surface area (Å²) in [7, 11) is 0. The number of hydrogen-bond acceptors (Lipinski definition) is 3. The monoisotopic (exact) mass is 366 g/mol. The second-order valence-electron chi connectivity index (χ2n) is 7.49. The van der Waals surface area contributed by atoms with Gasteiger partial charge in [0.15, 0.2) is 0 Å². The van der Waals surface area contributed by atoms with E-state index in [1.165, 1.54) is 0 Å². The molecule has 2 rings (SSSR count). The number of rotatable bonds is 7. The normalized spacial score (nSPS) is 12.1. The molecular formula is C22H30N4O. The Morgan fingerprint density at radius 2 is 1.85 bits per heavy atom. The predicted molar refractivity (Wildman–Crippen MR) is 107 cm³/mol. The maximum atomic E-state index is 13.1. The second kappa shape index (κ2) is 8.85. The SMILES string of the molecule is CCN(C(=O)Cc1c(C)nn(CC(C)C)c1C)C(C)c1ccc(C#N)cc1. The van der Waals surface area contributed by atoms with E-state index in [2.05, 4.69) is 25.0 Å². The van der Waals surface area contributed by atoms with Gasteiger partial charge in [0.25, 0.3) is 0 Å². The maximum absolute atomic E-state index is 13.1. The van der Waals surface area contributed by atoms with E-state index in [-0.39, 0.29) is 11.9 Å². The van der Waals surface area contributed by atoms with Gasteiger partial charge in [-0.25, -0.2) is 0 Å². The Balaban J connectivity index is 2.19. The molecule has 0 aliphatic carbocycles. The summed E-state index contributed by atoms with van der Waals surface area (Å²) < 4.78 is 2.02. The minimum Gasteiger partial charge on any atom is -0.336 e. The highest BCUT2D eigenvalue weighted by molar-refractivity contribution is 5.79. The summed E-state index contributed by atoms with van der Waals surface area (Å²) in [5.74, 6) is 0.611. The number of amides is 1. The average molecular weight is 367 g/mol. The Hall–Kier alpha value is -2.61. The number of carbonyl (C=O) groups excluding carboxylic acids is 1. The number of carbonyl (C=O) groups is 1. The standard InChI is InChI=1S/C22H30N4O/c1-7-25(17(5)20-10-8-19(13-23)9-11-20)22(27)12-21-16(4)24-26(18(21)6)14-15(2)3/h8-11,15,17H,7,12,14H2,1-6H3. The molecule has 1 unspecified atom stereocenters. The van der Waals surface area contributed by atoms with E-state index < -0.39 is 0 Å². The van der Waals surface area contributed by atoms with Gasteiger partial charge in [-0.1, -0.05) is 26.0 Å². The van der Waals surface area contributed by atoms with E-state index >= 15 is 0 Å². The van der Waals surface area contributed by atoms with Crippen molar-refractivity contribution in [1.82, 2.24) is 14.7 Å². The molecule has 27 heavy (non-hydrogen) atoms. The van der Waals surface area contributed by atoms with Crippen molar-refractivity contribution in [3.8, 4) is 6.07 Å². The number of nitriles is 1. The first kappa shape index (κ1) is 20.7. The zero-order valence-electron chi connectivity index (χ0n) is 17.3. The molecule has 0 spiro atoms. The highest BCUT2D eigenvalue weighted by Crippen LogP contribution is 2.23. The van der Waals surface area contributed by atoms with Gasteiger partial charge in [0, 0.05) is 24.3 Å². The van der Waals surface area contributed by atoms with Crippen LogP contribution in [0.4, 0.5) is 0 Å². The van der Waals surface area contributed by atoms with E-state index in [0.29, 0.717) is 24.4 Å². The van der Waals surface area contributed by atoms with Gasteiger partial charge < -0.3 is 4.90 Å². The summed E-state index contributed by atoms with van der Waals surface area (Å²) in [5, 5.41) is 13.6. The lowest BCUT2D eigenvalue weighted by Crippen LogP contribution is -2.34. The third kappa shape index (κ3) is 4.77. The second-order valence-corrected chi connectivity index (χ2v) is 7.49. The van der Waals surface area contributed by atoms with Gasteiger partial charge in [-0.15, -0.1) is 0 Å². The van der Waals surface area contributed by atoms with Gasteiger partial charge >= 0.3 is 0 Å². The molecule has 0 saturated heterocycles. The van der Waals surface area contributed by atoms with Gasteiger partial charge in [-0.3, -0.25) is 9.48 Å². The predicted octanol–water partition coefficient (Wildman–Crippen LogP) is 4.18. The fourth-order valence-corrected chi connectivity index (χ4v) is 3.45. The lowest BCUT2D eigenvalue weighted by Gasteiger charge is -2.28. The Morgan fingerprint density at radius 3 is 2.37 bits per heavy atom. The Morgan fingerprint density at radius 1 is 1.22 bits per heavy atom. The van der Waals surface area contributed by atoms with E-state index in [4.69, 9.17) is 5.26 Å². The van der Waals surface area contributed by atoms with Crippen LogP contribution < -0.4 is 0 Å². The minimum atomic E-state index is -0.0402. The summed E-state index contributed by atoms with van der Waals surface area (Å²) in [6.07, 6.45) is 0.365. The van der Waals surface area contributed by atoms with E-state index in [0.717, 1.165) is 29.1 Å². The molecule has 1 atom stereocenters. The largest absolute Gasteiger partial charge is 0.336 e. The first-order valence-electron chi connectivity index (χ1n) is 9.60. The van der Waals surface area contributed by atoms with Crippen molar-refractivity contribution in [2.24, 2.45) is 5.92 Å². The zero-order chi connectivity index (χ0) is 20.1. The third-order valence-corrected chi connectivity index (χ3v) is 5.05. The van der Waals surface area contributed by atoms with Crippen LogP contribution in [0.1, 0.15) is 61.8 Å². The molecule has 5 heteroatoms. The number of aryl methyl sites for hydroxylation is 1. The molecule has 1 amide bonds. The van der Waals surface area contributed by atoms with Crippen LogP contribution in [0.3, 0.4) is 0 Å². The molecule has 0 radical (unpaired) electrons. The van der Waals surface area contributed by atoms with Crippen LogP contribution in [-0.4, -0.2) is 27.1 Å². The topological polar surface area (TPSA) is 61.9 Å². The Bertz CT molecular complexity index is 827. The van der Waals surface area contributed by atoms with Crippen molar-refractivity contribution in [2.45, 2.75) is 60.5 Å². The molecule has 1 heterocycles. The van der Waals surface area contributed by atoms with E-state index in [9.17, 15) is 4.79 Å². The number of nitrogens with zero attached hydrogens (tertiary/aromatic N) is 4. The highest BCUT2D eigenvalue weighted by atomic mass is 16.2. The third-order valence-electron chi connectivity index (χ3n) is 5.05. The van der Waals surface area contributed by atoms with Crippen molar-refractivity contribution in [3.63, 3.8) is 0 Å². The Kier molecular flexibility index (Phi) is 6.79. The van der Waals surface area contributed by atoms with Crippen molar-refractivity contribution in [2.75, 3.05) is 6.54 Å². The molecular weight excluding hydrogens is 336 g/mol. The van der Waals surface area contributed by atoms with Gasteiger partial charge in [0.05, 0.1) is 29.8 Å². The van der Waals surface area contributed by atoms with Crippen molar-refractivity contribution >= 4 is 5.91 Å². The van der Waals surface area contributed by atoms with Crippen molar-refractivity contribution in [3.05, 3.63) is 52.3 Å². The van der Waals surface area contributed by atoms with Gasteiger partial charge in [-0.2, -0.15) is 10.4 Å². The van der Waals surface area contributed by atoms with Gasteiger partial charge in [-0.05, 0) is 51.3 Å². The smallest absolute Gasteiger partial charge is 0.227 e. The number of aromatic nitrogens is 2. The summed E-state index contributed by atoms with van der Waals surface area (Å²) in [5.41, 5.74) is 4.71. The summed E-state index contributed by atoms with van der Waals surface area (Å²) >= 11 is 0. The number of benzene rings is 1. The summed E-state index contributed by atoms with van der Waals surface area (Å²) in [6, 6.07) is 9.54. The van der Waals surface area contributed by atoms with Crippen LogP contribution in [0.5, 0.6) is 0 Å². The molecule has 0 aliphatic rings. The molecule has 2 aromatic rings. The minimum absolute atomic E-state index is 0.0402.